The first kappa shape index (κ1) is 20.4. The third kappa shape index (κ3) is 3.92. The molecule has 2 aliphatic rings. The molecule has 0 unspecified atom stereocenters. The van der Waals surface area contributed by atoms with Gasteiger partial charge in [-0.3, -0.25) is 4.98 Å². The van der Waals surface area contributed by atoms with E-state index in [2.05, 4.69) is 51.5 Å². The number of hydrogen-bond donors (Lipinski definition) is 3. The minimum Gasteiger partial charge on any atom is -0.340 e. The maximum atomic E-state index is 4.82. The molecule has 0 radical (unpaired) electrons. The fraction of sp³-hybridized carbons (Fsp3) is 0.417. The summed E-state index contributed by atoms with van der Waals surface area (Å²) in [5, 5.41) is 4.67. The number of benzene rings is 1. The van der Waals surface area contributed by atoms with E-state index in [0.29, 0.717) is 11.8 Å². The molecule has 6 nitrogen and oxygen atoms in total. The normalized spacial score (nSPS) is 16.8. The fourth-order valence-corrected chi connectivity index (χ4v) is 4.95. The predicted molar refractivity (Wildman–Crippen MR) is 124 cm³/mol. The highest BCUT2D eigenvalue weighted by molar-refractivity contribution is 5.93. The van der Waals surface area contributed by atoms with E-state index in [0.717, 1.165) is 13.0 Å². The Morgan fingerprint density at radius 2 is 1.90 bits per heavy atom. The number of fused-ring (bicyclic) bond motifs is 5. The topological polar surface area (TPSA) is 94.2 Å². The van der Waals surface area contributed by atoms with Crippen molar-refractivity contribution in [3.8, 4) is 11.3 Å². The molecule has 0 saturated heterocycles. The Bertz CT molecular complexity index is 1030. The highest BCUT2D eigenvalue weighted by Gasteiger charge is 2.28. The van der Waals surface area contributed by atoms with Gasteiger partial charge < -0.3 is 15.8 Å². The van der Waals surface area contributed by atoms with Gasteiger partial charge in [-0.05, 0) is 62.3 Å². The van der Waals surface area contributed by atoms with E-state index < -0.39 is 0 Å². The number of rotatable bonds is 1. The zero-order valence-electron chi connectivity index (χ0n) is 17.8. The third-order valence-electron chi connectivity index (χ3n) is 6.37. The SMILES string of the molecule is C/C(=N/N)NN.c1cnc2c(c1)-c1c(C3CCCCC3)c3ccccc3n1CCC2. The van der Waals surface area contributed by atoms with Crippen LogP contribution in [0.15, 0.2) is 47.7 Å². The molecule has 3 heterocycles. The standard InChI is InChI=1S/C22H24N2.C2H8N4/c1-2-8-16(9-3-1)21-18-10-4-5-13-20(18)24-15-7-12-19-17(22(21)24)11-6-14-23-19;1-2(5-3)6-4/h4-6,10-11,13-14,16H,1-3,7-9,12,15H2;3-4H2,1H3,(H,5,6). The van der Waals surface area contributed by atoms with Gasteiger partial charge in [-0.2, -0.15) is 5.10 Å². The number of nitrogens with zero attached hydrogens (tertiary/aromatic N) is 3. The lowest BCUT2D eigenvalue weighted by Crippen LogP contribution is -2.28. The molecule has 6 heteroatoms. The summed E-state index contributed by atoms with van der Waals surface area (Å²) >= 11 is 0. The molecule has 158 valence electrons. The molecular formula is C24H32N6. The van der Waals surface area contributed by atoms with E-state index in [4.69, 9.17) is 16.7 Å². The first-order chi connectivity index (χ1) is 14.7. The first-order valence-electron chi connectivity index (χ1n) is 11.0. The first-order valence-corrected chi connectivity index (χ1v) is 11.0. The number of aryl methyl sites for hydroxylation is 2. The molecule has 1 fully saturated rings. The average Bonchev–Trinajstić information content (AvgIpc) is 3.01. The Labute approximate surface area is 178 Å². The van der Waals surface area contributed by atoms with Gasteiger partial charge >= 0.3 is 0 Å². The minimum absolute atomic E-state index is 0.523. The number of amidine groups is 1. The molecule has 0 atom stereocenters. The second-order valence-corrected chi connectivity index (χ2v) is 8.23. The van der Waals surface area contributed by atoms with Crippen molar-refractivity contribution >= 4 is 16.7 Å². The second-order valence-electron chi connectivity index (χ2n) is 8.23. The van der Waals surface area contributed by atoms with Crippen LogP contribution in [0.2, 0.25) is 0 Å². The van der Waals surface area contributed by atoms with Gasteiger partial charge in [0.25, 0.3) is 0 Å². The van der Waals surface area contributed by atoms with Crippen LogP contribution in [0, 0.1) is 0 Å². The van der Waals surface area contributed by atoms with Crippen LogP contribution in [0.1, 0.15) is 62.6 Å². The van der Waals surface area contributed by atoms with Gasteiger partial charge in [0.1, 0.15) is 5.84 Å². The van der Waals surface area contributed by atoms with E-state index in [9.17, 15) is 0 Å². The number of pyridine rings is 1. The molecule has 30 heavy (non-hydrogen) atoms. The molecule has 0 amide bonds. The highest BCUT2D eigenvalue weighted by atomic mass is 15.3. The number of hydrogen-bond acceptors (Lipinski definition) is 4. The predicted octanol–water partition coefficient (Wildman–Crippen LogP) is 4.44. The maximum absolute atomic E-state index is 4.82. The van der Waals surface area contributed by atoms with Crippen LogP contribution < -0.4 is 17.1 Å². The molecule has 1 aliphatic carbocycles. The molecule has 1 aromatic carbocycles. The molecule has 5 N–H and O–H groups in total. The zero-order chi connectivity index (χ0) is 20.9. The van der Waals surface area contributed by atoms with Gasteiger partial charge in [-0.15, -0.1) is 0 Å². The Balaban J connectivity index is 0.000000322. The second kappa shape index (κ2) is 9.30. The highest BCUT2D eigenvalue weighted by Crippen LogP contribution is 2.45. The van der Waals surface area contributed by atoms with Crippen molar-refractivity contribution in [2.24, 2.45) is 16.8 Å². The molecular weight excluding hydrogens is 372 g/mol. The van der Waals surface area contributed by atoms with E-state index in [-0.39, 0.29) is 0 Å². The van der Waals surface area contributed by atoms with Crippen molar-refractivity contribution in [3.63, 3.8) is 0 Å². The summed E-state index contributed by atoms with van der Waals surface area (Å²) in [6.45, 7) is 2.78. The van der Waals surface area contributed by atoms with Crippen LogP contribution in [0.3, 0.4) is 0 Å². The summed E-state index contributed by atoms with van der Waals surface area (Å²) in [4.78, 5) is 4.72. The largest absolute Gasteiger partial charge is 0.340 e. The van der Waals surface area contributed by atoms with Crippen LogP contribution in [0.5, 0.6) is 0 Å². The van der Waals surface area contributed by atoms with E-state index in [1.54, 1.807) is 12.5 Å². The summed E-state index contributed by atoms with van der Waals surface area (Å²) in [5.41, 5.74) is 9.42. The fourth-order valence-electron chi connectivity index (χ4n) is 4.95. The summed E-state index contributed by atoms with van der Waals surface area (Å²) < 4.78 is 2.59. The van der Waals surface area contributed by atoms with Gasteiger partial charge in [-0.25, -0.2) is 5.84 Å². The Morgan fingerprint density at radius 1 is 1.10 bits per heavy atom. The van der Waals surface area contributed by atoms with Crippen LogP contribution >= 0.6 is 0 Å². The van der Waals surface area contributed by atoms with Gasteiger partial charge in [-0.1, -0.05) is 37.5 Å². The van der Waals surface area contributed by atoms with Crippen molar-refractivity contribution in [2.45, 2.75) is 64.3 Å². The van der Waals surface area contributed by atoms with Crippen LogP contribution in [-0.2, 0) is 13.0 Å². The van der Waals surface area contributed by atoms with Crippen LogP contribution in [-0.4, -0.2) is 15.4 Å². The van der Waals surface area contributed by atoms with E-state index in [1.165, 1.54) is 66.4 Å². The maximum Gasteiger partial charge on any atom is 0.132 e. The Kier molecular flexibility index (Phi) is 6.33. The molecule has 0 spiro atoms. The lowest BCUT2D eigenvalue weighted by atomic mass is 9.81. The molecule has 1 saturated carbocycles. The summed E-state index contributed by atoms with van der Waals surface area (Å²) in [5.74, 6) is 10.8. The zero-order valence-corrected chi connectivity index (χ0v) is 17.8. The Morgan fingerprint density at radius 3 is 2.63 bits per heavy atom. The quantitative estimate of drug-likeness (QED) is 0.242. The van der Waals surface area contributed by atoms with Crippen LogP contribution in [0.4, 0.5) is 0 Å². The summed E-state index contributed by atoms with van der Waals surface area (Å²) in [7, 11) is 0. The van der Waals surface area contributed by atoms with Gasteiger partial charge in [0.15, 0.2) is 0 Å². The molecule has 2 aromatic heterocycles. The van der Waals surface area contributed by atoms with Crippen molar-refractivity contribution < 1.29 is 0 Å². The van der Waals surface area contributed by atoms with Gasteiger partial charge in [0.2, 0.25) is 0 Å². The minimum atomic E-state index is 0.523. The lowest BCUT2D eigenvalue weighted by Gasteiger charge is -2.23. The average molecular weight is 405 g/mol. The molecule has 1 aliphatic heterocycles. The van der Waals surface area contributed by atoms with E-state index in [1.807, 2.05) is 6.20 Å². The van der Waals surface area contributed by atoms with Crippen molar-refractivity contribution in [3.05, 3.63) is 53.9 Å². The van der Waals surface area contributed by atoms with Gasteiger partial charge in [0.05, 0.1) is 5.69 Å². The number of para-hydroxylation sites is 1. The van der Waals surface area contributed by atoms with Crippen molar-refractivity contribution in [1.29, 1.82) is 0 Å². The third-order valence-corrected chi connectivity index (χ3v) is 6.37. The summed E-state index contributed by atoms with van der Waals surface area (Å²) in [6, 6.07) is 13.5. The Hall–Kier alpha value is -2.86. The van der Waals surface area contributed by atoms with Gasteiger partial charge in [0, 0.05) is 34.9 Å². The van der Waals surface area contributed by atoms with E-state index >= 15 is 0 Å². The molecule has 3 aromatic rings. The monoisotopic (exact) mass is 404 g/mol. The number of nitrogens with one attached hydrogen (secondary N) is 1. The smallest absolute Gasteiger partial charge is 0.132 e. The summed E-state index contributed by atoms with van der Waals surface area (Å²) in [6.07, 6.45) is 11.1. The molecule has 5 rings (SSSR count). The lowest BCUT2D eigenvalue weighted by molar-refractivity contribution is 0.445. The number of aromatic nitrogens is 2. The van der Waals surface area contributed by atoms with Crippen LogP contribution in [0.25, 0.3) is 22.2 Å². The number of hydrazine groups is 1. The number of nitrogens with two attached hydrogens (primary N) is 2. The van der Waals surface area contributed by atoms with Crippen molar-refractivity contribution in [1.82, 2.24) is 15.0 Å². The van der Waals surface area contributed by atoms with Crippen molar-refractivity contribution in [2.75, 3.05) is 0 Å². The number of hydrazone groups is 1. The molecule has 0 bridgehead atoms.